The third-order valence-corrected chi connectivity index (χ3v) is 7.69. The molecule has 2 atom stereocenters. The Morgan fingerprint density at radius 3 is 2.21 bits per heavy atom. The molecule has 4 aromatic carbocycles. The number of aliphatic imine (C=N–C) groups is 1. The van der Waals surface area contributed by atoms with Gasteiger partial charge in [0.25, 0.3) is 5.91 Å². The number of benzene rings is 4. The van der Waals surface area contributed by atoms with Gasteiger partial charge in [0.15, 0.2) is 11.6 Å². The number of amides is 1. The maximum absolute atomic E-state index is 14.2. The van der Waals surface area contributed by atoms with Crippen molar-refractivity contribution in [2.24, 2.45) is 4.99 Å². The van der Waals surface area contributed by atoms with E-state index in [0.717, 1.165) is 32.3 Å². The molecule has 4 aromatic rings. The van der Waals surface area contributed by atoms with Crippen molar-refractivity contribution in [3.05, 3.63) is 124 Å². The lowest BCUT2D eigenvalue weighted by atomic mass is 9.81. The summed E-state index contributed by atoms with van der Waals surface area (Å²) in [7, 11) is 0. The van der Waals surface area contributed by atoms with Gasteiger partial charge in [-0.1, -0.05) is 82.7 Å². The summed E-state index contributed by atoms with van der Waals surface area (Å²) in [5, 5.41) is 12.2. The van der Waals surface area contributed by atoms with Crippen molar-refractivity contribution in [2.75, 3.05) is 13.2 Å². The van der Waals surface area contributed by atoms with Gasteiger partial charge in [-0.15, -0.1) is 0 Å². The van der Waals surface area contributed by atoms with E-state index in [2.05, 4.69) is 45.5 Å². The van der Waals surface area contributed by atoms with E-state index in [0.29, 0.717) is 31.1 Å². The predicted molar refractivity (Wildman–Crippen MR) is 170 cm³/mol. The lowest BCUT2D eigenvalue weighted by Gasteiger charge is -2.31. The Morgan fingerprint density at radius 1 is 0.929 bits per heavy atom. The maximum Gasteiger partial charge on any atom is 0.252 e. The summed E-state index contributed by atoms with van der Waals surface area (Å²) >= 11 is 3.52. The summed E-state index contributed by atoms with van der Waals surface area (Å²) in [6.07, 6.45) is 0.266. The zero-order valence-electron chi connectivity index (χ0n) is 23.8. The number of hydrogen-bond donors (Lipinski definition) is 2. The summed E-state index contributed by atoms with van der Waals surface area (Å²) in [6, 6.07) is 33.8. The first-order valence-electron chi connectivity index (χ1n) is 14.2. The second-order valence-corrected chi connectivity index (χ2v) is 11.6. The number of nitrogens with one attached hydrogen (secondary N) is 1. The Balaban J connectivity index is 1.56. The largest absolute Gasteiger partial charge is 0.494 e. The summed E-state index contributed by atoms with van der Waals surface area (Å²) in [5.74, 6) is 0.916. The molecule has 6 nitrogen and oxygen atoms in total. The molecule has 0 radical (unpaired) electrons. The summed E-state index contributed by atoms with van der Waals surface area (Å²) in [6.45, 7) is 4.41. The lowest BCUT2D eigenvalue weighted by molar-refractivity contribution is -0.129. The van der Waals surface area contributed by atoms with Crippen LogP contribution >= 0.6 is 15.9 Å². The highest BCUT2D eigenvalue weighted by atomic mass is 79.9. The van der Waals surface area contributed by atoms with Crippen LogP contribution in [0, 0.1) is 0 Å². The van der Waals surface area contributed by atoms with Crippen molar-refractivity contribution in [3.63, 3.8) is 0 Å². The third kappa shape index (κ3) is 6.75. The quantitative estimate of drug-likeness (QED) is 0.177. The van der Waals surface area contributed by atoms with Gasteiger partial charge >= 0.3 is 0 Å². The molecule has 0 fully saturated rings. The minimum atomic E-state index is -1.24. The summed E-state index contributed by atoms with van der Waals surface area (Å²) < 4.78 is 13.3. The molecule has 5 rings (SSSR count). The fourth-order valence-corrected chi connectivity index (χ4v) is 5.33. The number of hydrogen-bond acceptors (Lipinski definition) is 5. The van der Waals surface area contributed by atoms with E-state index in [1.54, 1.807) is 0 Å². The molecule has 0 aromatic heterocycles. The maximum atomic E-state index is 14.2. The van der Waals surface area contributed by atoms with Gasteiger partial charge in [0.2, 0.25) is 5.90 Å². The van der Waals surface area contributed by atoms with Crippen LogP contribution in [-0.2, 0) is 16.0 Å². The molecule has 2 N–H and O–H groups in total. The monoisotopic (exact) mass is 626 g/mol. The molecule has 0 aliphatic carbocycles. The molecule has 1 heterocycles. The van der Waals surface area contributed by atoms with E-state index in [4.69, 9.17) is 19.6 Å². The van der Waals surface area contributed by atoms with Crippen molar-refractivity contribution in [1.29, 1.82) is 0 Å². The number of rotatable bonds is 11. The predicted octanol–water partition coefficient (Wildman–Crippen LogP) is 6.90. The van der Waals surface area contributed by atoms with Crippen LogP contribution in [0.4, 0.5) is 0 Å². The molecule has 0 unspecified atom stereocenters. The molecular weight excluding hydrogens is 592 g/mol. The van der Waals surface area contributed by atoms with Crippen LogP contribution in [0.5, 0.6) is 5.75 Å². The van der Waals surface area contributed by atoms with Gasteiger partial charge in [-0.05, 0) is 72.5 Å². The first-order chi connectivity index (χ1) is 20.4. The molecule has 1 aliphatic rings. The molecule has 0 bridgehead atoms. The van der Waals surface area contributed by atoms with E-state index in [9.17, 15) is 4.79 Å². The van der Waals surface area contributed by atoms with Crippen molar-refractivity contribution in [1.82, 2.24) is 5.32 Å². The van der Waals surface area contributed by atoms with E-state index in [-0.39, 0.29) is 18.6 Å². The second-order valence-electron chi connectivity index (χ2n) is 10.7. The molecule has 1 aliphatic heterocycles. The van der Waals surface area contributed by atoms with Crippen LogP contribution in [0.25, 0.3) is 11.1 Å². The normalized spacial score (nSPS) is 17.9. The average Bonchev–Trinajstić information content (AvgIpc) is 3.39. The third-order valence-electron chi connectivity index (χ3n) is 7.16. The first kappa shape index (κ1) is 29.5. The van der Waals surface area contributed by atoms with Gasteiger partial charge in [-0.3, -0.25) is 4.79 Å². The molecule has 216 valence electrons. The zero-order valence-corrected chi connectivity index (χ0v) is 25.4. The molecule has 0 saturated carbocycles. The Kier molecular flexibility index (Phi) is 9.40. The Hall–Kier alpha value is -3.94. The molecule has 7 heteroatoms. The van der Waals surface area contributed by atoms with Gasteiger partial charge < -0.3 is 19.9 Å². The molecule has 0 spiro atoms. The number of aliphatic hydroxyl groups is 1. The molecular formula is C35H35BrN2O4. The Bertz CT molecular complexity index is 1500. The van der Waals surface area contributed by atoms with Crippen molar-refractivity contribution in [3.8, 4) is 16.9 Å². The van der Waals surface area contributed by atoms with E-state index < -0.39 is 11.6 Å². The van der Waals surface area contributed by atoms with E-state index in [1.807, 2.05) is 92.7 Å². The van der Waals surface area contributed by atoms with Gasteiger partial charge in [0.1, 0.15) is 5.75 Å². The van der Waals surface area contributed by atoms with E-state index >= 15 is 0 Å². The van der Waals surface area contributed by atoms with Crippen molar-refractivity contribution in [2.45, 2.75) is 44.4 Å². The van der Waals surface area contributed by atoms with Crippen LogP contribution in [0.1, 0.15) is 43.1 Å². The lowest BCUT2D eigenvalue weighted by Crippen LogP contribution is -2.51. The van der Waals surface area contributed by atoms with Crippen LogP contribution in [0.15, 0.2) is 113 Å². The number of ether oxygens (including phenoxy) is 2. The van der Waals surface area contributed by atoms with Crippen molar-refractivity contribution < 1.29 is 19.4 Å². The van der Waals surface area contributed by atoms with Gasteiger partial charge in [0.05, 0.1) is 6.61 Å². The van der Waals surface area contributed by atoms with Crippen LogP contribution < -0.4 is 10.1 Å². The Labute approximate surface area is 255 Å². The number of nitrogens with zero attached hydrogens (tertiary/aromatic N) is 1. The van der Waals surface area contributed by atoms with Crippen molar-refractivity contribution >= 4 is 27.7 Å². The van der Waals surface area contributed by atoms with Crippen LogP contribution in [-0.4, -0.2) is 41.7 Å². The van der Waals surface area contributed by atoms with Crippen LogP contribution in [0.3, 0.4) is 0 Å². The topological polar surface area (TPSA) is 80.2 Å². The fourth-order valence-electron chi connectivity index (χ4n) is 5.06. The summed E-state index contributed by atoms with van der Waals surface area (Å²) in [4.78, 5) is 19.3. The fraction of sp³-hybridized carbons (Fsp3) is 0.257. The zero-order chi connectivity index (χ0) is 29.5. The van der Waals surface area contributed by atoms with Gasteiger partial charge in [-0.2, -0.15) is 0 Å². The smallest absolute Gasteiger partial charge is 0.252 e. The number of halogens is 1. The highest BCUT2D eigenvalue weighted by Gasteiger charge is 2.53. The number of aliphatic hydroxyl groups excluding tert-OH is 1. The molecule has 1 amide bonds. The van der Waals surface area contributed by atoms with Crippen LogP contribution in [0.2, 0.25) is 0 Å². The van der Waals surface area contributed by atoms with Gasteiger partial charge in [0, 0.05) is 35.5 Å². The Morgan fingerprint density at radius 2 is 1.57 bits per heavy atom. The minimum absolute atomic E-state index is 0.0741. The number of carbonyl (C=O) groups excluding carboxylic acids is 1. The van der Waals surface area contributed by atoms with Gasteiger partial charge in [-0.25, -0.2) is 4.99 Å². The highest BCUT2D eigenvalue weighted by Crippen LogP contribution is 2.43. The SMILES string of the molecule is CC(C)NC(=O)[C@]1(Cc2ccc(Br)cc2)N=C(c2ccc(OCCCO)cc2)O[C@@H]1c1ccc(-c2ccccc2)cc1. The number of carbonyl (C=O) groups is 1. The molecule has 0 saturated heterocycles. The minimum Gasteiger partial charge on any atom is -0.494 e. The highest BCUT2D eigenvalue weighted by molar-refractivity contribution is 9.10. The average molecular weight is 628 g/mol. The van der Waals surface area contributed by atoms with E-state index in [1.165, 1.54) is 0 Å². The standard InChI is InChI=1S/C35H35BrN2O4/c1-24(2)37-34(40)35(23-25-9-17-30(36)18-10-25)32(28-13-11-27(12-14-28)26-7-4-3-5-8-26)42-33(38-35)29-15-19-31(20-16-29)41-22-6-21-39/h3-5,7-20,24,32,39H,6,21-23H2,1-2H3,(H,37,40)/t32-,35-/m1/s1. The molecule has 42 heavy (non-hydrogen) atoms. The summed E-state index contributed by atoms with van der Waals surface area (Å²) in [5.41, 5.74) is 3.56. The first-order valence-corrected chi connectivity index (χ1v) is 15.0. The second kappa shape index (κ2) is 13.4.